The van der Waals surface area contributed by atoms with Crippen LogP contribution < -0.4 is 5.32 Å². The topological polar surface area (TPSA) is 59.8 Å². The van der Waals surface area contributed by atoms with Crippen LogP contribution in [0, 0.1) is 0 Å². The number of alkyl halides is 3. The number of rotatable bonds is 4. The van der Waals surface area contributed by atoms with Gasteiger partial charge in [-0.1, -0.05) is 35.3 Å². The molecule has 5 nitrogen and oxygen atoms in total. The number of nitrogens with one attached hydrogen (secondary N) is 1. The average molecular weight is 435 g/mol. The van der Waals surface area contributed by atoms with Gasteiger partial charge in [-0.3, -0.25) is 14.8 Å². The molecule has 0 saturated heterocycles. The molecule has 0 spiro atoms. The summed E-state index contributed by atoms with van der Waals surface area (Å²) in [5.74, 6) is -0.933. The van der Waals surface area contributed by atoms with E-state index in [1.807, 2.05) is 0 Å². The Labute approximate surface area is 165 Å². The SMILES string of the molecule is Cn1cc(C(=O)Nc2ncc(Cc3cccc(Cl)c3Cl)s2)c(C(F)(F)F)n1. The lowest BCUT2D eigenvalue weighted by molar-refractivity contribution is -0.141. The Kier molecular flexibility index (Phi) is 5.45. The normalized spacial score (nSPS) is 11.6. The summed E-state index contributed by atoms with van der Waals surface area (Å²) < 4.78 is 39.9. The molecule has 11 heteroatoms. The van der Waals surface area contributed by atoms with E-state index in [4.69, 9.17) is 23.2 Å². The fourth-order valence-corrected chi connectivity index (χ4v) is 3.57. The van der Waals surface area contributed by atoms with Gasteiger partial charge < -0.3 is 0 Å². The predicted octanol–water partition coefficient (Wildman–Crippen LogP) is 5.05. The van der Waals surface area contributed by atoms with Crippen molar-refractivity contribution in [3.05, 3.63) is 62.3 Å². The summed E-state index contributed by atoms with van der Waals surface area (Å²) in [5.41, 5.74) is -1.04. The number of amides is 1. The van der Waals surface area contributed by atoms with Gasteiger partial charge in [0.05, 0.1) is 15.6 Å². The van der Waals surface area contributed by atoms with Crippen LogP contribution in [0.4, 0.5) is 18.3 Å². The van der Waals surface area contributed by atoms with E-state index in [1.54, 1.807) is 18.2 Å². The summed E-state index contributed by atoms with van der Waals surface area (Å²) >= 11 is 13.3. The fraction of sp³-hybridized carbons (Fsp3) is 0.188. The number of thiazole rings is 1. The second-order valence-electron chi connectivity index (χ2n) is 5.54. The van der Waals surface area contributed by atoms with Crippen LogP contribution in [0.5, 0.6) is 0 Å². The van der Waals surface area contributed by atoms with E-state index in [9.17, 15) is 18.0 Å². The molecule has 142 valence electrons. The highest BCUT2D eigenvalue weighted by molar-refractivity contribution is 7.15. The van der Waals surface area contributed by atoms with Crippen molar-refractivity contribution in [2.45, 2.75) is 12.6 Å². The van der Waals surface area contributed by atoms with Crippen LogP contribution in [-0.2, 0) is 19.6 Å². The predicted molar refractivity (Wildman–Crippen MR) is 97.5 cm³/mol. The van der Waals surface area contributed by atoms with Crippen molar-refractivity contribution in [2.24, 2.45) is 7.05 Å². The van der Waals surface area contributed by atoms with E-state index < -0.39 is 23.3 Å². The molecule has 0 bridgehead atoms. The first kappa shape index (κ1) is 19.7. The van der Waals surface area contributed by atoms with Crippen LogP contribution in [0.3, 0.4) is 0 Å². The highest BCUT2D eigenvalue weighted by Crippen LogP contribution is 2.32. The van der Waals surface area contributed by atoms with E-state index in [1.165, 1.54) is 13.2 Å². The molecule has 27 heavy (non-hydrogen) atoms. The van der Waals surface area contributed by atoms with Crippen LogP contribution >= 0.6 is 34.5 Å². The Morgan fingerprint density at radius 3 is 2.78 bits per heavy atom. The third-order valence-corrected chi connectivity index (χ3v) is 5.28. The van der Waals surface area contributed by atoms with Crippen molar-refractivity contribution in [2.75, 3.05) is 5.32 Å². The Morgan fingerprint density at radius 1 is 1.33 bits per heavy atom. The first-order valence-corrected chi connectivity index (χ1v) is 9.02. The number of anilines is 1. The molecule has 0 aliphatic heterocycles. The lowest BCUT2D eigenvalue weighted by Gasteiger charge is -2.05. The number of hydrogen-bond acceptors (Lipinski definition) is 4. The first-order chi connectivity index (χ1) is 12.6. The molecule has 0 saturated carbocycles. The fourth-order valence-electron chi connectivity index (χ4n) is 2.35. The number of halogens is 5. The molecule has 0 radical (unpaired) electrons. The van der Waals surface area contributed by atoms with Gasteiger partial charge in [-0.25, -0.2) is 4.98 Å². The molecule has 0 fully saturated rings. The molecule has 0 unspecified atom stereocenters. The quantitative estimate of drug-likeness (QED) is 0.625. The largest absolute Gasteiger partial charge is 0.435 e. The number of aryl methyl sites for hydroxylation is 1. The van der Waals surface area contributed by atoms with Crippen molar-refractivity contribution >= 4 is 45.6 Å². The molecular weight excluding hydrogens is 424 g/mol. The summed E-state index contributed by atoms with van der Waals surface area (Å²) in [6.45, 7) is 0. The van der Waals surface area contributed by atoms with Crippen LogP contribution in [-0.4, -0.2) is 20.7 Å². The lowest BCUT2D eigenvalue weighted by Crippen LogP contribution is -2.17. The second-order valence-corrected chi connectivity index (χ2v) is 7.44. The van der Waals surface area contributed by atoms with Gasteiger partial charge in [0.25, 0.3) is 5.91 Å². The maximum absolute atomic E-state index is 13.0. The zero-order valence-corrected chi connectivity index (χ0v) is 16.0. The summed E-state index contributed by atoms with van der Waals surface area (Å²) in [5, 5.41) is 6.69. The number of carbonyl (C=O) groups is 1. The smallest absolute Gasteiger partial charge is 0.298 e. The number of carbonyl (C=O) groups excluding carboxylic acids is 1. The minimum Gasteiger partial charge on any atom is -0.298 e. The van der Waals surface area contributed by atoms with Gasteiger partial charge in [0.1, 0.15) is 0 Å². The second kappa shape index (κ2) is 7.49. The standard InChI is InChI=1S/C16H11Cl2F3N4OS/c1-25-7-10(13(24-25)16(19,20)21)14(26)23-15-22-6-9(27-15)5-8-3-2-4-11(17)12(8)18/h2-4,6-7H,5H2,1H3,(H,22,23,26). The van der Waals surface area contributed by atoms with Gasteiger partial charge in [-0.15, -0.1) is 11.3 Å². The Bertz CT molecular complexity index is 1000. The number of aromatic nitrogens is 3. The van der Waals surface area contributed by atoms with Gasteiger partial charge in [0.2, 0.25) is 0 Å². The van der Waals surface area contributed by atoms with Crippen LogP contribution in [0.15, 0.2) is 30.6 Å². The van der Waals surface area contributed by atoms with Crippen molar-refractivity contribution in [3.8, 4) is 0 Å². The molecule has 1 amide bonds. The third kappa shape index (κ3) is 4.42. The molecule has 2 aromatic heterocycles. The maximum Gasteiger partial charge on any atom is 0.435 e. The highest BCUT2D eigenvalue weighted by Gasteiger charge is 2.39. The van der Waals surface area contributed by atoms with Crippen molar-refractivity contribution in [1.29, 1.82) is 0 Å². The van der Waals surface area contributed by atoms with Crippen LogP contribution in [0.2, 0.25) is 10.0 Å². The van der Waals surface area contributed by atoms with Crippen molar-refractivity contribution < 1.29 is 18.0 Å². The minimum absolute atomic E-state index is 0.171. The molecule has 0 aliphatic carbocycles. The van der Waals surface area contributed by atoms with Crippen LogP contribution in [0.1, 0.15) is 26.5 Å². The van der Waals surface area contributed by atoms with E-state index in [0.29, 0.717) is 16.5 Å². The van der Waals surface area contributed by atoms with Gasteiger partial charge in [-0.2, -0.15) is 18.3 Å². The number of nitrogens with zero attached hydrogens (tertiary/aromatic N) is 3. The summed E-state index contributed by atoms with van der Waals surface area (Å²) in [6, 6.07) is 5.23. The molecular formula is C16H11Cl2F3N4OS. The number of benzene rings is 1. The summed E-state index contributed by atoms with van der Waals surface area (Å²) in [6.07, 6.45) is -1.78. The monoisotopic (exact) mass is 434 g/mol. The Hall–Kier alpha value is -2.10. The molecule has 3 rings (SSSR count). The van der Waals surface area contributed by atoms with Gasteiger partial charge in [0.15, 0.2) is 10.8 Å². The summed E-state index contributed by atoms with van der Waals surface area (Å²) in [4.78, 5) is 17.0. The van der Waals surface area contributed by atoms with Gasteiger partial charge in [-0.05, 0) is 11.6 Å². The zero-order valence-electron chi connectivity index (χ0n) is 13.6. The number of hydrogen-bond donors (Lipinski definition) is 1. The molecule has 3 aromatic rings. The zero-order chi connectivity index (χ0) is 19.8. The van der Waals surface area contributed by atoms with E-state index in [-0.39, 0.29) is 5.13 Å². The molecule has 0 atom stereocenters. The maximum atomic E-state index is 13.0. The summed E-state index contributed by atoms with van der Waals surface area (Å²) in [7, 11) is 1.31. The molecule has 1 N–H and O–H groups in total. The first-order valence-electron chi connectivity index (χ1n) is 7.45. The highest BCUT2D eigenvalue weighted by atomic mass is 35.5. The van der Waals surface area contributed by atoms with Gasteiger partial charge >= 0.3 is 6.18 Å². The van der Waals surface area contributed by atoms with Crippen molar-refractivity contribution in [3.63, 3.8) is 0 Å². The average Bonchev–Trinajstić information content (AvgIpc) is 3.18. The van der Waals surface area contributed by atoms with E-state index in [2.05, 4.69) is 15.4 Å². The molecule has 0 aliphatic rings. The molecule has 2 heterocycles. The molecule has 1 aromatic carbocycles. The third-order valence-electron chi connectivity index (χ3n) is 3.51. The van der Waals surface area contributed by atoms with E-state index >= 15 is 0 Å². The Morgan fingerprint density at radius 2 is 2.07 bits per heavy atom. The Balaban J connectivity index is 1.77. The minimum atomic E-state index is -4.73. The van der Waals surface area contributed by atoms with Gasteiger partial charge in [0, 0.05) is 30.7 Å². The van der Waals surface area contributed by atoms with E-state index in [0.717, 1.165) is 32.7 Å². The van der Waals surface area contributed by atoms with Crippen molar-refractivity contribution in [1.82, 2.24) is 14.8 Å². The lowest BCUT2D eigenvalue weighted by atomic mass is 10.1. The van der Waals surface area contributed by atoms with Crippen LogP contribution in [0.25, 0.3) is 0 Å².